The molecule has 4 aromatic rings. The topological polar surface area (TPSA) is 193 Å². The number of fused-ring (bicyclic) bond motifs is 2. The van der Waals surface area contributed by atoms with Crippen LogP contribution in [0.25, 0.3) is 24.3 Å². The minimum absolute atomic E-state index is 0.0273. The highest BCUT2D eigenvalue weighted by Gasteiger charge is 2.24. The fourth-order valence-electron chi connectivity index (χ4n) is 5.14. The van der Waals surface area contributed by atoms with Gasteiger partial charge >= 0.3 is 0 Å². The van der Waals surface area contributed by atoms with Crippen LogP contribution in [-0.4, -0.2) is 47.5 Å². The Bertz CT molecular complexity index is 2330. The maximum atomic E-state index is 13.0. The lowest BCUT2D eigenvalue weighted by atomic mass is 9.98. The standard InChI is InChI=1S/C34H24N4O8S4/c39-31-25(13-9-21-3-1-15-35-29(21)31)33(47)37-23-11-7-19(27(17-23)49(41,42)43)5-6-20-8-12-24(18-28(20)50(44,45)46)38-34(48)26-14-10-22-4-2-16-36-30(22)32(26)40/h1-18,37-38,47-48H,(H,41,42,43)(H,44,45,46)/b6-5+,33-25-,34-26-. The largest absolute Gasteiger partial charge is 0.350 e. The monoisotopic (exact) mass is 744 g/mol. The molecule has 2 aliphatic rings. The molecule has 252 valence electrons. The fourth-order valence-corrected chi connectivity index (χ4v) is 7.17. The normalized spacial score (nSPS) is 16.2. The van der Waals surface area contributed by atoms with E-state index in [1.807, 2.05) is 0 Å². The van der Waals surface area contributed by atoms with E-state index >= 15 is 0 Å². The summed E-state index contributed by atoms with van der Waals surface area (Å²) >= 11 is 8.79. The number of nitrogens with zero attached hydrogens (tertiary/aromatic N) is 2. The van der Waals surface area contributed by atoms with E-state index in [4.69, 9.17) is 0 Å². The Kier molecular flexibility index (Phi) is 9.50. The van der Waals surface area contributed by atoms with E-state index in [2.05, 4.69) is 45.9 Å². The van der Waals surface area contributed by atoms with Crippen molar-refractivity contribution in [2.75, 3.05) is 10.6 Å². The molecule has 12 nitrogen and oxygen atoms in total. The van der Waals surface area contributed by atoms with Gasteiger partial charge in [-0.15, -0.1) is 25.3 Å². The Hall–Kier alpha value is -5.10. The number of aromatic nitrogens is 2. The van der Waals surface area contributed by atoms with Crippen LogP contribution in [0.4, 0.5) is 11.4 Å². The maximum absolute atomic E-state index is 13.0. The lowest BCUT2D eigenvalue weighted by Gasteiger charge is -2.15. The molecule has 0 fully saturated rings. The van der Waals surface area contributed by atoms with E-state index in [1.54, 1.807) is 48.6 Å². The van der Waals surface area contributed by atoms with Gasteiger partial charge in [-0.25, -0.2) is 0 Å². The molecule has 2 aromatic carbocycles. The van der Waals surface area contributed by atoms with Crippen molar-refractivity contribution in [3.8, 4) is 0 Å². The molecule has 0 saturated heterocycles. The van der Waals surface area contributed by atoms with E-state index in [1.165, 1.54) is 48.8 Å². The van der Waals surface area contributed by atoms with Gasteiger partial charge in [-0.1, -0.05) is 48.6 Å². The average molecular weight is 745 g/mol. The lowest BCUT2D eigenvalue weighted by molar-refractivity contribution is 0.102. The second-order valence-electron chi connectivity index (χ2n) is 10.8. The molecule has 2 aromatic heterocycles. The van der Waals surface area contributed by atoms with Crippen LogP contribution in [0.3, 0.4) is 0 Å². The van der Waals surface area contributed by atoms with Crippen LogP contribution >= 0.6 is 25.3 Å². The summed E-state index contributed by atoms with van der Waals surface area (Å²) in [4.78, 5) is 33.1. The van der Waals surface area contributed by atoms with E-state index in [9.17, 15) is 35.5 Å². The number of carbonyl (C=O) groups excluding carboxylic acids is 2. The smallest absolute Gasteiger partial charge is 0.295 e. The minimum Gasteiger partial charge on any atom is -0.350 e. The summed E-state index contributed by atoms with van der Waals surface area (Å²) in [5, 5.41) is 5.91. The van der Waals surface area contributed by atoms with Crippen LogP contribution in [0.15, 0.2) is 116 Å². The van der Waals surface area contributed by atoms with E-state index in [-0.39, 0.29) is 55.1 Å². The average Bonchev–Trinajstić information content (AvgIpc) is 3.07. The number of nitrogens with one attached hydrogen (secondary N) is 2. The second-order valence-corrected chi connectivity index (χ2v) is 14.4. The molecular formula is C34H24N4O8S4. The van der Waals surface area contributed by atoms with Gasteiger partial charge in [-0.05, 0) is 59.7 Å². The molecule has 0 unspecified atom stereocenters. The number of hydrogen-bond donors (Lipinski definition) is 6. The molecule has 0 spiro atoms. The Morgan fingerprint density at radius 2 is 1.02 bits per heavy atom. The summed E-state index contributed by atoms with van der Waals surface area (Å²) < 4.78 is 69.6. The van der Waals surface area contributed by atoms with Crippen molar-refractivity contribution < 1.29 is 35.5 Å². The first-order valence-corrected chi connectivity index (χ1v) is 18.2. The molecule has 0 radical (unpaired) electrons. The highest BCUT2D eigenvalue weighted by atomic mass is 32.2. The van der Waals surface area contributed by atoms with Crippen LogP contribution in [0.1, 0.15) is 43.2 Å². The highest BCUT2D eigenvalue weighted by molar-refractivity contribution is 7.86. The number of rotatable bonds is 8. The number of anilines is 2. The third-order valence-electron chi connectivity index (χ3n) is 7.52. The van der Waals surface area contributed by atoms with Gasteiger partial charge < -0.3 is 10.6 Å². The maximum Gasteiger partial charge on any atom is 0.295 e. The molecule has 2 heterocycles. The van der Waals surface area contributed by atoms with Crippen LogP contribution in [0.2, 0.25) is 0 Å². The number of Topliss-reactive ketones (excluding diaryl/α,β-unsaturated/α-hetero) is 2. The molecule has 2 aliphatic carbocycles. The van der Waals surface area contributed by atoms with Gasteiger partial charge in [0.2, 0.25) is 11.6 Å². The van der Waals surface area contributed by atoms with Gasteiger partial charge in [0.1, 0.15) is 21.2 Å². The van der Waals surface area contributed by atoms with Gasteiger partial charge in [0.15, 0.2) is 0 Å². The number of ketones is 2. The summed E-state index contributed by atoms with van der Waals surface area (Å²) in [6.45, 7) is 0. The Morgan fingerprint density at radius 1 is 0.620 bits per heavy atom. The number of hydrogen-bond acceptors (Lipinski definition) is 12. The quantitative estimate of drug-likeness (QED) is 0.0529. The van der Waals surface area contributed by atoms with Gasteiger partial charge in [-0.2, -0.15) is 16.8 Å². The van der Waals surface area contributed by atoms with Crippen molar-refractivity contribution in [1.82, 2.24) is 9.97 Å². The van der Waals surface area contributed by atoms with Crippen molar-refractivity contribution in [2.45, 2.75) is 9.79 Å². The zero-order valence-electron chi connectivity index (χ0n) is 25.3. The molecule has 16 heteroatoms. The van der Waals surface area contributed by atoms with Crippen molar-refractivity contribution >= 4 is 92.7 Å². The lowest BCUT2D eigenvalue weighted by Crippen LogP contribution is -2.13. The number of allylic oxidation sites excluding steroid dienone is 4. The second kappa shape index (κ2) is 13.7. The van der Waals surface area contributed by atoms with Gasteiger partial charge in [0, 0.05) is 34.9 Å². The summed E-state index contributed by atoms with van der Waals surface area (Å²) in [6.07, 6.45) is 11.9. The summed E-state index contributed by atoms with van der Waals surface area (Å²) in [6, 6.07) is 14.7. The molecule has 0 aliphatic heterocycles. The molecule has 6 rings (SSSR count). The predicted molar refractivity (Wildman–Crippen MR) is 196 cm³/mol. The Morgan fingerprint density at radius 3 is 1.40 bits per heavy atom. The molecule has 4 N–H and O–H groups in total. The minimum atomic E-state index is -4.82. The molecule has 0 atom stereocenters. The summed E-state index contributed by atoms with van der Waals surface area (Å²) in [5.74, 6) is -0.786. The first-order chi connectivity index (χ1) is 23.7. The van der Waals surface area contributed by atoms with Crippen molar-refractivity contribution in [1.29, 1.82) is 0 Å². The third kappa shape index (κ3) is 7.25. The molecule has 0 amide bonds. The fraction of sp³-hybridized carbons (Fsp3) is 0. The Labute approximate surface area is 297 Å². The van der Waals surface area contributed by atoms with Gasteiger partial charge in [0.05, 0.1) is 21.2 Å². The highest BCUT2D eigenvalue weighted by Crippen LogP contribution is 2.31. The number of thiol groups is 2. The van der Waals surface area contributed by atoms with Crippen molar-refractivity contribution in [2.24, 2.45) is 0 Å². The number of carbonyl (C=O) groups is 2. The van der Waals surface area contributed by atoms with Crippen LogP contribution in [0.5, 0.6) is 0 Å². The predicted octanol–water partition coefficient (Wildman–Crippen LogP) is 6.07. The third-order valence-corrected chi connectivity index (χ3v) is 10.0. The van der Waals surface area contributed by atoms with Gasteiger partial charge in [-0.3, -0.25) is 28.7 Å². The SMILES string of the molecule is O=C1/C(=C(\S)Nc2ccc(/C=C/c3ccc(N/C(S)=C4\C=Cc5cccnc5C4=O)cc3S(=O)(=O)O)c(S(=O)(=O)O)c2)C=Cc2cccnc21. The molecule has 0 bridgehead atoms. The van der Waals surface area contributed by atoms with Crippen LogP contribution in [0, 0.1) is 0 Å². The Balaban J connectivity index is 1.28. The van der Waals surface area contributed by atoms with E-state index in [0.29, 0.717) is 11.1 Å². The van der Waals surface area contributed by atoms with Crippen LogP contribution < -0.4 is 10.6 Å². The van der Waals surface area contributed by atoms with E-state index < -0.39 is 41.6 Å². The zero-order valence-corrected chi connectivity index (χ0v) is 28.8. The van der Waals surface area contributed by atoms with Gasteiger partial charge in [0.25, 0.3) is 20.2 Å². The number of pyridine rings is 2. The molecule has 50 heavy (non-hydrogen) atoms. The summed E-state index contributed by atoms with van der Waals surface area (Å²) in [7, 11) is -9.63. The van der Waals surface area contributed by atoms with Crippen molar-refractivity contribution in [3.05, 3.63) is 140 Å². The summed E-state index contributed by atoms with van der Waals surface area (Å²) in [5.41, 5.74) is 2.36. The first kappa shape index (κ1) is 34.8. The number of benzene rings is 2. The first-order valence-electron chi connectivity index (χ1n) is 14.4. The van der Waals surface area contributed by atoms with Crippen molar-refractivity contribution in [3.63, 3.8) is 0 Å². The molecule has 0 saturated carbocycles. The van der Waals surface area contributed by atoms with E-state index in [0.717, 1.165) is 12.1 Å². The van der Waals surface area contributed by atoms with Crippen LogP contribution in [-0.2, 0) is 20.2 Å². The zero-order chi connectivity index (χ0) is 35.8. The molecular weight excluding hydrogens is 721 g/mol.